The van der Waals surface area contributed by atoms with E-state index in [1.807, 2.05) is 0 Å². The fourth-order valence-electron chi connectivity index (χ4n) is 2.11. The molecule has 2 aromatic rings. The molecule has 2 rings (SSSR count). The van der Waals surface area contributed by atoms with Gasteiger partial charge in [-0.2, -0.15) is 0 Å². The summed E-state index contributed by atoms with van der Waals surface area (Å²) in [6.07, 6.45) is 0. The molecule has 1 aromatic carbocycles. The largest absolute Gasteiger partial charge is 0.364 e. The van der Waals surface area contributed by atoms with Gasteiger partial charge in [0.05, 0.1) is 13.1 Å². The van der Waals surface area contributed by atoms with E-state index in [4.69, 9.17) is 18.2 Å². The van der Waals surface area contributed by atoms with Crippen LogP contribution in [-0.2, 0) is 7.05 Å². The van der Waals surface area contributed by atoms with E-state index in [-0.39, 0.29) is 16.5 Å². The maximum absolute atomic E-state index is 13.8. The highest BCUT2D eigenvalue weighted by molar-refractivity contribution is 6.31. The number of benzene rings is 1. The molecule has 0 saturated carbocycles. The van der Waals surface area contributed by atoms with E-state index >= 15 is 0 Å². The smallest absolute Gasteiger partial charge is 0.290 e. The topological polar surface area (TPSA) is 38.4 Å². The van der Waals surface area contributed by atoms with Crippen molar-refractivity contribution < 1.29 is 9.18 Å². The van der Waals surface area contributed by atoms with E-state index in [0.29, 0.717) is 11.5 Å². The Morgan fingerprint density at radius 2 is 2.14 bits per heavy atom. The maximum atomic E-state index is 13.8. The van der Waals surface area contributed by atoms with Gasteiger partial charge in [-0.05, 0) is 31.2 Å². The number of hydrogen-bond donors (Lipinski definition) is 1. The summed E-state index contributed by atoms with van der Waals surface area (Å²) in [6, 6.07) is 6.90. The first-order chi connectivity index (χ1) is 9.95. The normalized spacial score (nSPS) is 11.8. The number of carbonyl (C=O) groups is 1. The Morgan fingerprint density at radius 1 is 1.43 bits per heavy atom. The van der Waals surface area contributed by atoms with Gasteiger partial charge in [-0.3, -0.25) is 9.36 Å². The Balaban J connectivity index is 2.23. The Bertz CT molecular complexity index is 713. The highest BCUT2D eigenvalue weighted by atomic mass is 35.5. The van der Waals surface area contributed by atoms with Crippen LogP contribution in [0, 0.1) is 12.4 Å². The van der Waals surface area contributed by atoms with Crippen molar-refractivity contribution >= 4 is 23.3 Å². The predicted octanol–water partition coefficient (Wildman–Crippen LogP) is 3.86. The molecular weight excluding hydrogens is 293 g/mol. The van der Waals surface area contributed by atoms with Crippen molar-refractivity contribution in [3.8, 4) is 0 Å². The fraction of sp³-hybridized carbons (Fsp3) is 0.200. The second kappa shape index (κ2) is 5.98. The molecule has 0 radical (unpaired) electrons. The third kappa shape index (κ3) is 2.91. The maximum Gasteiger partial charge on any atom is 0.290 e. The third-order valence-corrected chi connectivity index (χ3v) is 3.55. The van der Waals surface area contributed by atoms with Crippen LogP contribution in [-0.4, -0.2) is 10.5 Å². The average Bonchev–Trinajstić information content (AvgIpc) is 2.79. The highest BCUT2D eigenvalue weighted by Crippen LogP contribution is 2.26. The lowest BCUT2D eigenvalue weighted by Gasteiger charge is -2.16. The Labute approximate surface area is 127 Å². The number of rotatable bonds is 3. The molecule has 0 aliphatic carbocycles. The van der Waals surface area contributed by atoms with E-state index in [1.54, 1.807) is 32.2 Å². The summed E-state index contributed by atoms with van der Waals surface area (Å²) in [5, 5.41) is 2.95. The fourth-order valence-corrected chi connectivity index (χ4v) is 2.43. The van der Waals surface area contributed by atoms with Gasteiger partial charge in [0.2, 0.25) is 5.82 Å². The minimum atomic E-state index is -0.586. The number of amides is 1. The number of hydrogen-bond acceptors (Lipinski definition) is 1. The summed E-state index contributed by atoms with van der Waals surface area (Å²) in [7, 11) is 1.63. The van der Waals surface area contributed by atoms with Gasteiger partial charge < -0.3 is 10.2 Å². The summed E-state index contributed by atoms with van der Waals surface area (Å²) in [6.45, 7) is 8.63. The van der Waals surface area contributed by atoms with Crippen molar-refractivity contribution in [1.29, 1.82) is 0 Å². The van der Waals surface area contributed by atoms with Crippen molar-refractivity contribution in [2.75, 3.05) is 0 Å². The SMILES string of the molecule is [C-]#[N+]c1ccc(C(=O)N[C@@H](C)c2c(F)cccc2Cl)n1C. The molecule has 0 bridgehead atoms. The molecule has 0 unspecified atom stereocenters. The molecule has 1 heterocycles. The van der Waals surface area contributed by atoms with E-state index in [0.717, 1.165) is 0 Å². The van der Waals surface area contributed by atoms with Crippen molar-refractivity contribution in [2.45, 2.75) is 13.0 Å². The first kappa shape index (κ1) is 15.1. The molecule has 1 atom stereocenters. The van der Waals surface area contributed by atoms with Gasteiger partial charge in [0.25, 0.3) is 5.91 Å². The van der Waals surface area contributed by atoms with Crippen LogP contribution in [0.25, 0.3) is 4.85 Å². The van der Waals surface area contributed by atoms with E-state index in [1.165, 1.54) is 16.7 Å². The van der Waals surface area contributed by atoms with Gasteiger partial charge in [0, 0.05) is 10.6 Å². The molecule has 0 aliphatic rings. The second-order valence-corrected chi connectivity index (χ2v) is 4.99. The second-order valence-electron chi connectivity index (χ2n) is 4.58. The molecule has 21 heavy (non-hydrogen) atoms. The molecule has 0 fully saturated rings. The summed E-state index contributed by atoms with van der Waals surface area (Å²) >= 11 is 5.98. The zero-order chi connectivity index (χ0) is 15.6. The summed E-state index contributed by atoms with van der Waals surface area (Å²) in [4.78, 5) is 15.5. The first-order valence-corrected chi connectivity index (χ1v) is 6.61. The van der Waals surface area contributed by atoms with E-state index in [2.05, 4.69) is 10.2 Å². The molecule has 1 N–H and O–H groups in total. The predicted molar refractivity (Wildman–Crippen MR) is 79.0 cm³/mol. The third-order valence-electron chi connectivity index (χ3n) is 3.22. The Hall–Kier alpha value is -2.32. The van der Waals surface area contributed by atoms with Gasteiger partial charge >= 0.3 is 0 Å². The summed E-state index contributed by atoms with van der Waals surface area (Å²) < 4.78 is 15.3. The van der Waals surface area contributed by atoms with Crippen LogP contribution < -0.4 is 5.32 Å². The van der Waals surface area contributed by atoms with Crippen molar-refractivity contribution in [1.82, 2.24) is 9.88 Å². The van der Waals surface area contributed by atoms with Gasteiger partial charge in [-0.25, -0.2) is 4.39 Å². The van der Waals surface area contributed by atoms with Crippen LogP contribution >= 0.6 is 11.6 Å². The summed E-state index contributed by atoms with van der Waals surface area (Å²) in [5.41, 5.74) is 0.576. The lowest BCUT2D eigenvalue weighted by molar-refractivity contribution is 0.0931. The summed E-state index contributed by atoms with van der Waals surface area (Å²) in [5.74, 6) is -0.500. The molecule has 4 nitrogen and oxygen atoms in total. The van der Waals surface area contributed by atoms with E-state index < -0.39 is 11.9 Å². The lowest BCUT2D eigenvalue weighted by atomic mass is 10.1. The van der Waals surface area contributed by atoms with Crippen molar-refractivity contribution in [3.63, 3.8) is 0 Å². The zero-order valence-corrected chi connectivity index (χ0v) is 12.3. The highest BCUT2D eigenvalue weighted by Gasteiger charge is 2.21. The molecular formula is C15H13ClFN3O. The van der Waals surface area contributed by atoms with E-state index in [9.17, 15) is 9.18 Å². The molecule has 1 amide bonds. The van der Waals surface area contributed by atoms with Crippen LogP contribution in [0.1, 0.15) is 29.0 Å². The van der Waals surface area contributed by atoms with Gasteiger partial charge in [-0.1, -0.05) is 24.2 Å². The number of nitrogens with one attached hydrogen (secondary N) is 1. The minimum absolute atomic E-state index is 0.243. The molecule has 0 aliphatic heterocycles. The molecule has 0 saturated heterocycles. The van der Waals surface area contributed by atoms with Crippen molar-refractivity contribution in [3.05, 3.63) is 63.8 Å². The minimum Gasteiger partial charge on any atom is -0.364 e. The quantitative estimate of drug-likeness (QED) is 0.859. The Kier molecular flexibility index (Phi) is 4.29. The standard InChI is InChI=1S/C15H13ClFN3O/c1-9(14-10(16)5-4-6-11(14)17)19-15(21)12-7-8-13(18-2)20(12)3/h4-9H,1,3H3,(H,19,21)/t9-/m0/s1. The van der Waals surface area contributed by atoms with Crippen LogP contribution in [0.15, 0.2) is 30.3 Å². The number of aromatic nitrogens is 1. The Morgan fingerprint density at radius 3 is 2.71 bits per heavy atom. The number of carbonyl (C=O) groups excluding carboxylic acids is 1. The number of nitrogens with zero attached hydrogens (tertiary/aromatic N) is 2. The van der Waals surface area contributed by atoms with Crippen molar-refractivity contribution in [2.24, 2.45) is 7.05 Å². The molecule has 1 aromatic heterocycles. The van der Waals surface area contributed by atoms with Crippen LogP contribution in [0.4, 0.5) is 10.2 Å². The monoisotopic (exact) mass is 305 g/mol. The zero-order valence-electron chi connectivity index (χ0n) is 11.5. The average molecular weight is 306 g/mol. The molecule has 0 spiro atoms. The van der Waals surface area contributed by atoms with Gasteiger partial charge in [-0.15, -0.1) is 0 Å². The van der Waals surface area contributed by atoms with Crippen LogP contribution in [0.5, 0.6) is 0 Å². The molecule has 108 valence electrons. The first-order valence-electron chi connectivity index (χ1n) is 6.23. The lowest BCUT2D eigenvalue weighted by Crippen LogP contribution is -2.28. The van der Waals surface area contributed by atoms with Crippen LogP contribution in [0.3, 0.4) is 0 Å². The van der Waals surface area contributed by atoms with Gasteiger partial charge in [0.1, 0.15) is 5.82 Å². The molecule has 6 heteroatoms. The van der Waals surface area contributed by atoms with Gasteiger partial charge in [0.15, 0.2) is 5.69 Å². The van der Waals surface area contributed by atoms with Crippen LogP contribution in [0.2, 0.25) is 5.02 Å². The number of halogens is 2.